The van der Waals surface area contributed by atoms with E-state index in [9.17, 15) is 14.7 Å². The van der Waals surface area contributed by atoms with Gasteiger partial charge in [0.05, 0.1) is 12.5 Å². The monoisotopic (exact) mass is 358 g/mol. The Morgan fingerprint density at radius 3 is 2.54 bits per heavy atom. The Kier molecular flexibility index (Phi) is 7.45. The molecule has 4 N–H and O–H groups in total. The van der Waals surface area contributed by atoms with Gasteiger partial charge in [0.15, 0.2) is 0 Å². The second kappa shape index (κ2) is 10.0. The predicted molar refractivity (Wildman–Crippen MR) is 95.8 cm³/mol. The molecule has 0 spiro atoms. The Morgan fingerprint density at radius 1 is 1.04 bits per heavy atom. The molecule has 26 heavy (non-hydrogen) atoms. The van der Waals surface area contributed by atoms with E-state index in [0.717, 1.165) is 5.56 Å². The predicted octanol–water partition coefficient (Wildman–Crippen LogP) is 2.07. The molecule has 2 amide bonds. The summed E-state index contributed by atoms with van der Waals surface area (Å²) in [6.45, 7) is 0.450. The van der Waals surface area contributed by atoms with Crippen LogP contribution in [0.15, 0.2) is 54.6 Å². The van der Waals surface area contributed by atoms with Gasteiger partial charge in [-0.2, -0.15) is 0 Å². The fourth-order valence-electron chi connectivity index (χ4n) is 2.21. The van der Waals surface area contributed by atoms with Crippen LogP contribution in [-0.2, 0) is 11.4 Å². The summed E-state index contributed by atoms with van der Waals surface area (Å²) in [5, 5.41) is 23.6. The van der Waals surface area contributed by atoms with E-state index in [4.69, 9.17) is 9.84 Å². The van der Waals surface area contributed by atoms with Crippen molar-refractivity contribution in [3.8, 4) is 5.75 Å². The molecule has 0 aliphatic carbocycles. The molecule has 0 aliphatic rings. The molecule has 7 heteroatoms. The number of ether oxygens (including phenoxy) is 1. The topological polar surface area (TPSA) is 108 Å². The van der Waals surface area contributed by atoms with Crippen molar-refractivity contribution >= 4 is 12.0 Å². The van der Waals surface area contributed by atoms with Gasteiger partial charge in [0, 0.05) is 13.1 Å². The Bertz CT molecular complexity index is 721. The molecular formula is C19H22N2O5. The van der Waals surface area contributed by atoms with Crippen LogP contribution in [0.3, 0.4) is 0 Å². The number of urea groups is 1. The fourth-order valence-corrected chi connectivity index (χ4v) is 2.21. The van der Waals surface area contributed by atoms with E-state index >= 15 is 0 Å². The Hall–Kier alpha value is -3.06. The molecule has 0 saturated carbocycles. The highest BCUT2D eigenvalue weighted by Gasteiger charge is 2.10. The highest BCUT2D eigenvalue weighted by atomic mass is 16.5. The van der Waals surface area contributed by atoms with Crippen LogP contribution < -0.4 is 15.4 Å². The summed E-state index contributed by atoms with van der Waals surface area (Å²) in [5.74, 6) is -0.367. The highest BCUT2D eigenvalue weighted by molar-refractivity contribution is 5.75. The first-order chi connectivity index (χ1) is 12.5. The van der Waals surface area contributed by atoms with Crippen molar-refractivity contribution in [2.24, 2.45) is 0 Å². The maximum Gasteiger partial charge on any atom is 0.314 e. The molecule has 0 bridgehead atoms. The molecule has 0 radical (unpaired) electrons. The fraction of sp³-hybridized carbons (Fsp3) is 0.263. The van der Waals surface area contributed by atoms with Crippen molar-refractivity contribution in [1.29, 1.82) is 0 Å². The van der Waals surface area contributed by atoms with Crippen molar-refractivity contribution in [1.82, 2.24) is 10.6 Å². The van der Waals surface area contributed by atoms with Crippen LogP contribution >= 0.6 is 0 Å². The number of carboxylic acids is 1. The first kappa shape index (κ1) is 19.3. The maximum absolute atomic E-state index is 11.5. The molecule has 7 nitrogen and oxygen atoms in total. The number of hydrogen-bond acceptors (Lipinski definition) is 4. The van der Waals surface area contributed by atoms with E-state index in [1.54, 1.807) is 24.3 Å². The van der Waals surface area contributed by atoms with E-state index in [0.29, 0.717) is 17.9 Å². The molecule has 138 valence electrons. The number of nitrogens with one attached hydrogen (secondary N) is 2. The summed E-state index contributed by atoms with van der Waals surface area (Å²) in [6, 6.07) is 16.2. The molecule has 2 aromatic carbocycles. The van der Waals surface area contributed by atoms with Gasteiger partial charge < -0.3 is 25.6 Å². The van der Waals surface area contributed by atoms with Crippen molar-refractivity contribution in [3.63, 3.8) is 0 Å². The average Bonchev–Trinajstić information content (AvgIpc) is 2.65. The normalized spacial score (nSPS) is 11.4. The number of aliphatic hydroxyl groups is 1. The third kappa shape index (κ3) is 6.82. The van der Waals surface area contributed by atoms with Gasteiger partial charge in [0.25, 0.3) is 0 Å². The SMILES string of the molecule is O=C(O)CCNC(=O)NCC(O)c1cccc(OCc2ccccc2)c1. The molecule has 0 aliphatic heterocycles. The summed E-state index contributed by atoms with van der Waals surface area (Å²) in [4.78, 5) is 21.9. The van der Waals surface area contributed by atoms with Crippen LogP contribution in [-0.4, -0.2) is 35.3 Å². The lowest BCUT2D eigenvalue weighted by atomic mass is 10.1. The zero-order valence-electron chi connectivity index (χ0n) is 14.2. The molecule has 1 atom stereocenters. The van der Waals surface area contributed by atoms with Gasteiger partial charge in [-0.1, -0.05) is 42.5 Å². The zero-order valence-corrected chi connectivity index (χ0v) is 14.2. The van der Waals surface area contributed by atoms with Crippen LogP contribution in [0.1, 0.15) is 23.7 Å². The number of carboxylic acid groups (broad SMARTS) is 1. The smallest absolute Gasteiger partial charge is 0.314 e. The van der Waals surface area contributed by atoms with Gasteiger partial charge in [-0.3, -0.25) is 4.79 Å². The number of rotatable bonds is 9. The molecular weight excluding hydrogens is 336 g/mol. The van der Waals surface area contributed by atoms with Crippen molar-refractivity contribution in [3.05, 3.63) is 65.7 Å². The quantitative estimate of drug-likeness (QED) is 0.549. The van der Waals surface area contributed by atoms with E-state index in [-0.39, 0.29) is 19.5 Å². The number of carbonyl (C=O) groups is 2. The van der Waals surface area contributed by atoms with Crippen LogP contribution in [0.4, 0.5) is 4.79 Å². The number of aliphatic hydroxyl groups excluding tert-OH is 1. The van der Waals surface area contributed by atoms with E-state index < -0.39 is 18.1 Å². The highest BCUT2D eigenvalue weighted by Crippen LogP contribution is 2.20. The summed E-state index contributed by atoms with van der Waals surface area (Å²) < 4.78 is 5.72. The van der Waals surface area contributed by atoms with Crippen LogP contribution in [0.5, 0.6) is 5.75 Å². The lowest BCUT2D eigenvalue weighted by Crippen LogP contribution is -2.38. The van der Waals surface area contributed by atoms with Gasteiger partial charge in [0.2, 0.25) is 0 Å². The van der Waals surface area contributed by atoms with Crippen LogP contribution in [0.2, 0.25) is 0 Å². The molecule has 0 fully saturated rings. The van der Waals surface area contributed by atoms with E-state index in [1.807, 2.05) is 30.3 Å². The Balaban J connectivity index is 1.80. The second-order valence-electron chi connectivity index (χ2n) is 5.64. The maximum atomic E-state index is 11.5. The Labute approximate surface area is 151 Å². The summed E-state index contributed by atoms with van der Waals surface area (Å²) in [5.41, 5.74) is 1.65. The van der Waals surface area contributed by atoms with Crippen LogP contribution in [0.25, 0.3) is 0 Å². The minimum absolute atomic E-state index is 0.00104. The third-order valence-corrected chi connectivity index (χ3v) is 3.57. The first-order valence-electron chi connectivity index (χ1n) is 8.23. The van der Waals surface area contributed by atoms with E-state index in [2.05, 4.69) is 10.6 Å². The van der Waals surface area contributed by atoms with Gasteiger partial charge in [0.1, 0.15) is 12.4 Å². The molecule has 2 aromatic rings. The molecule has 0 saturated heterocycles. The van der Waals surface area contributed by atoms with Gasteiger partial charge >= 0.3 is 12.0 Å². The standard InChI is InChI=1S/C19H22N2O5/c22-17(12-21-19(25)20-10-9-18(23)24)15-7-4-8-16(11-15)26-13-14-5-2-1-3-6-14/h1-8,11,17,22H,9-10,12-13H2,(H,23,24)(H2,20,21,25). The summed E-state index contributed by atoms with van der Waals surface area (Å²) >= 11 is 0. The van der Waals surface area contributed by atoms with Crippen molar-refractivity contribution in [2.75, 3.05) is 13.1 Å². The minimum atomic E-state index is -0.988. The van der Waals surface area contributed by atoms with E-state index in [1.165, 1.54) is 0 Å². The molecule has 0 heterocycles. The molecule has 0 aromatic heterocycles. The van der Waals surface area contributed by atoms with Crippen molar-refractivity contribution in [2.45, 2.75) is 19.1 Å². The van der Waals surface area contributed by atoms with Gasteiger partial charge in [-0.25, -0.2) is 4.79 Å². The van der Waals surface area contributed by atoms with Crippen molar-refractivity contribution < 1.29 is 24.5 Å². The lowest BCUT2D eigenvalue weighted by molar-refractivity contribution is -0.136. The lowest BCUT2D eigenvalue weighted by Gasteiger charge is -2.14. The van der Waals surface area contributed by atoms with Gasteiger partial charge in [-0.05, 0) is 23.3 Å². The third-order valence-electron chi connectivity index (χ3n) is 3.57. The Morgan fingerprint density at radius 2 is 1.81 bits per heavy atom. The largest absolute Gasteiger partial charge is 0.489 e. The van der Waals surface area contributed by atoms with Crippen LogP contribution in [0, 0.1) is 0 Å². The second-order valence-corrected chi connectivity index (χ2v) is 5.64. The number of aliphatic carboxylic acids is 1. The minimum Gasteiger partial charge on any atom is -0.489 e. The average molecular weight is 358 g/mol. The first-order valence-corrected chi connectivity index (χ1v) is 8.23. The number of benzene rings is 2. The summed E-state index contributed by atoms with van der Waals surface area (Å²) in [7, 11) is 0. The number of amides is 2. The molecule has 2 rings (SSSR count). The van der Waals surface area contributed by atoms with Gasteiger partial charge in [-0.15, -0.1) is 0 Å². The number of hydrogen-bond donors (Lipinski definition) is 4. The summed E-state index contributed by atoms with van der Waals surface area (Å²) in [6.07, 6.45) is -1.06. The molecule has 1 unspecified atom stereocenters. The number of carbonyl (C=O) groups excluding carboxylic acids is 1. The zero-order chi connectivity index (χ0) is 18.8.